The molecule has 9 heteroatoms. The van der Waals surface area contributed by atoms with Crippen LogP contribution in [0.1, 0.15) is 62.1 Å². The Kier molecular flexibility index (Phi) is 8.23. The van der Waals surface area contributed by atoms with Crippen LogP contribution in [0.4, 0.5) is 22.0 Å². The molecule has 2 aliphatic rings. The molecule has 1 N–H and O–H groups in total. The lowest BCUT2D eigenvalue weighted by atomic mass is 9.80. The monoisotopic (exact) mass is 524 g/mol. The van der Waals surface area contributed by atoms with Crippen molar-refractivity contribution in [3.8, 4) is 0 Å². The summed E-state index contributed by atoms with van der Waals surface area (Å²) in [5.74, 6) is -1.69. The lowest BCUT2D eigenvalue weighted by Crippen LogP contribution is -2.58. The highest BCUT2D eigenvalue weighted by molar-refractivity contribution is 5.85. The van der Waals surface area contributed by atoms with Gasteiger partial charge in [0.15, 0.2) is 0 Å². The van der Waals surface area contributed by atoms with Crippen molar-refractivity contribution < 1.29 is 31.5 Å². The van der Waals surface area contributed by atoms with Gasteiger partial charge in [-0.1, -0.05) is 32.0 Å². The fourth-order valence-electron chi connectivity index (χ4n) is 5.53. The fraction of sp³-hybridized carbons (Fsp3) is 0.536. The maximum Gasteiger partial charge on any atom is 0.419 e. The standard InChI is InChI=1S/C28H33F5N2O2/c1-18(2)27(26(36)34-16-19-3-8-25(30)24(15-19)28(31,32)33)12-9-23(17-37-27)35-13-10-21(11-14-35)20-4-6-22(29)7-5-20/h3-8,15,18,21,23H,9-14,16-17H2,1-2H3,(H,34,36)/t23?,27-/m0/s1. The fourth-order valence-corrected chi connectivity index (χ4v) is 5.53. The predicted octanol–water partition coefficient (Wildman–Crippen LogP) is 6.05. The Morgan fingerprint density at radius 2 is 1.76 bits per heavy atom. The van der Waals surface area contributed by atoms with E-state index < -0.39 is 23.2 Å². The molecule has 0 spiro atoms. The summed E-state index contributed by atoms with van der Waals surface area (Å²) < 4.78 is 72.2. The van der Waals surface area contributed by atoms with Crippen LogP contribution in [0.15, 0.2) is 42.5 Å². The maximum atomic E-state index is 13.6. The van der Waals surface area contributed by atoms with E-state index in [1.165, 1.54) is 18.2 Å². The Labute approximate surface area is 214 Å². The highest BCUT2D eigenvalue weighted by Crippen LogP contribution is 2.37. The Morgan fingerprint density at radius 3 is 2.32 bits per heavy atom. The van der Waals surface area contributed by atoms with E-state index in [9.17, 15) is 26.7 Å². The van der Waals surface area contributed by atoms with Crippen molar-refractivity contribution in [1.29, 1.82) is 0 Å². The van der Waals surface area contributed by atoms with Crippen LogP contribution in [0.2, 0.25) is 0 Å². The number of carbonyl (C=O) groups is 1. The summed E-state index contributed by atoms with van der Waals surface area (Å²) in [6, 6.07) is 9.61. The maximum absolute atomic E-state index is 13.6. The molecule has 1 unspecified atom stereocenters. The second-order valence-electron chi connectivity index (χ2n) is 10.4. The zero-order valence-corrected chi connectivity index (χ0v) is 21.1. The SMILES string of the molecule is CC(C)[C@]1(C(=O)NCc2ccc(F)c(C(F)(F)F)c2)CCC(N2CCC(c3ccc(F)cc3)CC2)CO1. The molecule has 0 aromatic heterocycles. The highest BCUT2D eigenvalue weighted by atomic mass is 19.4. The molecule has 0 radical (unpaired) electrons. The summed E-state index contributed by atoms with van der Waals surface area (Å²) in [5.41, 5.74) is -1.10. The largest absolute Gasteiger partial charge is 0.419 e. The summed E-state index contributed by atoms with van der Waals surface area (Å²) in [7, 11) is 0. The number of hydrogen-bond donors (Lipinski definition) is 1. The molecule has 37 heavy (non-hydrogen) atoms. The molecule has 2 heterocycles. The first-order valence-corrected chi connectivity index (χ1v) is 12.8. The molecule has 2 aromatic carbocycles. The minimum absolute atomic E-state index is 0.142. The van der Waals surface area contributed by atoms with E-state index >= 15 is 0 Å². The van der Waals surface area contributed by atoms with Crippen LogP contribution in [0, 0.1) is 17.6 Å². The van der Waals surface area contributed by atoms with Crippen LogP contribution in [0.3, 0.4) is 0 Å². The van der Waals surface area contributed by atoms with Gasteiger partial charge in [0.2, 0.25) is 0 Å². The number of hydrogen-bond acceptors (Lipinski definition) is 3. The minimum Gasteiger partial charge on any atom is -0.363 e. The summed E-state index contributed by atoms with van der Waals surface area (Å²) >= 11 is 0. The summed E-state index contributed by atoms with van der Waals surface area (Å²) in [6.45, 7) is 5.82. The second-order valence-corrected chi connectivity index (χ2v) is 10.4. The zero-order valence-electron chi connectivity index (χ0n) is 21.1. The number of ether oxygens (including phenoxy) is 1. The molecule has 2 saturated heterocycles. The number of alkyl halides is 3. The van der Waals surface area contributed by atoms with E-state index in [1.807, 2.05) is 26.0 Å². The van der Waals surface area contributed by atoms with E-state index in [4.69, 9.17) is 4.74 Å². The summed E-state index contributed by atoms with van der Waals surface area (Å²) in [4.78, 5) is 15.6. The molecule has 2 aliphatic heterocycles. The Bertz CT molecular complexity index is 1070. The number of piperidine rings is 1. The van der Waals surface area contributed by atoms with Gasteiger partial charge in [0.25, 0.3) is 5.91 Å². The Balaban J connectivity index is 1.33. The van der Waals surface area contributed by atoms with Gasteiger partial charge >= 0.3 is 6.18 Å². The van der Waals surface area contributed by atoms with Gasteiger partial charge in [-0.2, -0.15) is 13.2 Å². The number of nitrogens with zero attached hydrogens (tertiary/aromatic N) is 1. The van der Waals surface area contributed by atoms with Crippen molar-refractivity contribution in [2.45, 2.75) is 69.8 Å². The highest BCUT2D eigenvalue weighted by Gasteiger charge is 2.47. The quantitative estimate of drug-likeness (QED) is 0.468. The smallest absolute Gasteiger partial charge is 0.363 e. The molecule has 4 nitrogen and oxygen atoms in total. The van der Waals surface area contributed by atoms with Gasteiger partial charge in [-0.25, -0.2) is 8.78 Å². The third-order valence-corrected chi connectivity index (χ3v) is 7.88. The average molecular weight is 525 g/mol. The third kappa shape index (κ3) is 6.14. The number of halogens is 5. The van der Waals surface area contributed by atoms with Gasteiger partial charge in [-0.15, -0.1) is 0 Å². The topological polar surface area (TPSA) is 41.6 Å². The van der Waals surface area contributed by atoms with Crippen LogP contribution in [0.25, 0.3) is 0 Å². The van der Waals surface area contributed by atoms with Crippen LogP contribution in [0.5, 0.6) is 0 Å². The predicted molar refractivity (Wildman–Crippen MR) is 130 cm³/mol. The number of amides is 1. The molecule has 1 amide bonds. The molecule has 2 aromatic rings. The Morgan fingerprint density at radius 1 is 1.08 bits per heavy atom. The lowest BCUT2D eigenvalue weighted by Gasteiger charge is -2.46. The lowest BCUT2D eigenvalue weighted by molar-refractivity contribution is -0.170. The molecule has 202 valence electrons. The first-order chi connectivity index (χ1) is 17.5. The van der Waals surface area contributed by atoms with Crippen molar-refractivity contribution in [3.63, 3.8) is 0 Å². The minimum atomic E-state index is -4.81. The Hall–Kier alpha value is -2.52. The molecule has 2 atom stereocenters. The second kappa shape index (κ2) is 11.1. The van der Waals surface area contributed by atoms with Crippen molar-refractivity contribution in [2.75, 3.05) is 19.7 Å². The van der Waals surface area contributed by atoms with Crippen LogP contribution >= 0.6 is 0 Å². The first kappa shape index (κ1) is 27.5. The van der Waals surface area contributed by atoms with E-state index in [2.05, 4.69) is 10.2 Å². The summed E-state index contributed by atoms with van der Waals surface area (Å²) in [5, 5.41) is 2.72. The van der Waals surface area contributed by atoms with Crippen molar-refractivity contribution in [3.05, 3.63) is 70.8 Å². The van der Waals surface area contributed by atoms with Crippen molar-refractivity contribution >= 4 is 5.91 Å². The van der Waals surface area contributed by atoms with Crippen LogP contribution in [-0.2, 0) is 22.3 Å². The van der Waals surface area contributed by atoms with Crippen molar-refractivity contribution in [2.24, 2.45) is 5.92 Å². The van der Waals surface area contributed by atoms with E-state index in [0.29, 0.717) is 18.9 Å². The summed E-state index contributed by atoms with van der Waals surface area (Å²) in [6.07, 6.45) is -1.61. The number of rotatable bonds is 6. The normalized spacial score (nSPS) is 23.8. The number of likely N-dealkylation sites (tertiary alicyclic amines) is 1. The molecule has 2 fully saturated rings. The van der Waals surface area contributed by atoms with E-state index in [0.717, 1.165) is 50.0 Å². The molecule has 0 bridgehead atoms. The van der Waals surface area contributed by atoms with Crippen LogP contribution < -0.4 is 5.32 Å². The van der Waals surface area contributed by atoms with Gasteiger partial charge < -0.3 is 10.1 Å². The molecular formula is C28H33F5N2O2. The van der Waals surface area contributed by atoms with E-state index in [1.54, 1.807) is 0 Å². The zero-order chi connectivity index (χ0) is 26.8. The average Bonchev–Trinajstić information content (AvgIpc) is 2.88. The van der Waals surface area contributed by atoms with Gasteiger partial charge in [0.1, 0.15) is 17.2 Å². The molecule has 0 aliphatic carbocycles. The molecule has 4 rings (SSSR count). The number of benzene rings is 2. The molecule has 0 saturated carbocycles. The van der Waals surface area contributed by atoms with Gasteiger partial charge in [0, 0.05) is 12.6 Å². The molecular weight excluding hydrogens is 491 g/mol. The third-order valence-electron chi connectivity index (χ3n) is 7.88. The van der Waals surface area contributed by atoms with Crippen molar-refractivity contribution in [1.82, 2.24) is 10.2 Å². The van der Waals surface area contributed by atoms with Crippen LogP contribution in [-0.4, -0.2) is 42.1 Å². The van der Waals surface area contributed by atoms with E-state index in [-0.39, 0.29) is 35.8 Å². The number of nitrogens with one attached hydrogen (secondary N) is 1. The van der Waals surface area contributed by atoms with Gasteiger partial charge in [-0.3, -0.25) is 9.69 Å². The first-order valence-electron chi connectivity index (χ1n) is 12.8. The van der Waals surface area contributed by atoms with Gasteiger partial charge in [-0.05, 0) is 86.0 Å². The number of carbonyl (C=O) groups excluding carboxylic acids is 1. The van der Waals surface area contributed by atoms with Gasteiger partial charge in [0.05, 0.1) is 12.2 Å².